The fraction of sp³-hybridized carbons (Fsp3) is 0.154. The van der Waals surface area contributed by atoms with Gasteiger partial charge in [0.05, 0.1) is 5.69 Å². The first kappa shape index (κ1) is 11.5. The highest BCUT2D eigenvalue weighted by atomic mass is 16.1. The number of hydrogen-bond acceptors (Lipinski definition) is 4. The maximum Gasteiger partial charge on any atom is 0.263 e. The van der Waals surface area contributed by atoms with Crippen LogP contribution in [0.15, 0.2) is 35.3 Å². The van der Waals surface area contributed by atoms with E-state index in [1.165, 1.54) is 0 Å². The van der Waals surface area contributed by atoms with Gasteiger partial charge in [-0.3, -0.25) is 9.78 Å². The molecule has 0 aliphatic rings. The van der Waals surface area contributed by atoms with Gasteiger partial charge in [-0.1, -0.05) is 18.2 Å². The topological polar surface area (TPSA) is 75.6 Å². The van der Waals surface area contributed by atoms with Crippen molar-refractivity contribution in [2.24, 2.45) is 0 Å². The smallest absolute Gasteiger partial charge is 0.263 e. The lowest BCUT2D eigenvalue weighted by Gasteiger charge is -2.03. The quantitative estimate of drug-likeness (QED) is 0.727. The largest absolute Gasteiger partial charge is 0.359 e. The van der Waals surface area contributed by atoms with Gasteiger partial charge in [0.1, 0.15) is 5.39 Å². The fourth-order valence-corrected chi connectivity index (χ4v) is 1.98. The van der Waals surface area contributed by atoms with Gasteiger partial charge in [0.25, 0.3) is 5.56 Å². The lowest BCUT2D eigenvalue weighted by atomic mass is 10.2. The number of rotatable bonds is 2. The molecule has 0 saturated carbocycles. The number of hydrogen-bond donors (Lipinski definition) is 2. The SMILES string of the molecule is CNc1nc2nn(-c3ccccc3C)cc2c(=O)[nH]1. The summed E-state index contributed by atoms with van der Waals surface area (Å²) >= 11 is 0. The molecule has 2 N–H and O–H groups in total. The third-order valence-electron chi connectivity index (χ3n) is 2.99. The van der Waals surface area contributed by atoms with Crippen LogP contribution in [-0.4, -0.2) is 26.8 Å². The van der Waals surface area contributed by atoms with Crippen LogP contribution < -0.4 is 10.9 Å². The monoisotopic (exact) mass is 255 g/mol. The average Bonchev–Trinajstić information content (AvgIpc) is 2.83. The van der Waals surface area contributed by atoms with E-state index in [-0.39, 0.29) is 5.56 Å². The van der Waals surface area contributed by atoms with Gasteiger partial charge in [0.15, 0.2) is 5.65 Å². The predicted molar refractivity (Wildman–Crippen MR) is 73.8 cm³/mol. The maximum atomic E-state index is 11.9. The van der Waals surface area contributed by atoms with E-state index in [2.05, 4.69) is 20.4 Å². The summed E-state index contributed by atoms with van der Waals surface area (Å²) in [7, 11) is 1.70. The first-order chi connectivity index (χ1) is 9.19. The summed E-state index contributed by atoms with van der Waals surface area (Å²) in [5.41, 5.74) is 2.25. The lowest BCUT2D eigenvalue weighted by Crippen LogP contribution is -2.10. The van der Waals surface area contributed by atoms with Gasteiger partial charge in [-0.15, -0.1) is 5.10 Å². The third-order valence-corrected chi connectivity index (χ3v) is 2.99. The number of H-pyrrole nitrogens is 1. The van der Waals surface area contributed by atoms with Crippen molar-refractivity contribution in [1.29, 1.82) is 0 Å². The summed E-state index contributed by atoms with van der Waals surface area (Å²) < 4.78 is 1.68. The van der Waals surface area contributed by atoms with E-state index in [1.807, 2.05) is 31.2 Å². The molecule has 3 rings (SSSR count). The van der Waals surface area contributed by atoms with Crippen molar-refractivity contribution < 1.29 is 0 Å². The summed E-state index contributed by atoms with van der Waals surface area (Å²) in [5, 5.41) is 7.64. The second-order valence-corrected chi connectivity index (χ2v) is 4.26. The summed E-state index contributed by atoms with van der Waals surface area (Å²) in [6.45, 7) is 2.00. The molecule has 0 atom stereocenters. The van der Waals surface area contributed by atoms with E-state index in [1.54, 1.807) is 17.9 Å². The second kappa shape index (κ2) is 4.24. The van der Waals surface area contributed by atoms with Gasteiger partial charge in [0, 0.05) is 13.2 Å². The highest BCUT2D eigenvalue weighted by Gasteiger charge is 2.09. The molecule has 3 aromatic rings. The summed E-state index contributed by atoms with van der Waals surface area (Å²) in [6, 6.07) is 7.85. The fourth-order valence-electron chi connectivity index (χ4n) is 1.98. The summed E-state index contributed by atoms with van der Waals surface area (Å²) in [4.78, 5) is 18.8. The van der Waals surface area contributed by atoms with Crippen LogP contribution in [0.2, 0.25) is 0 Å². The molecule has 19 heavy (non-hydrogen) atoms. The normalized spacial score (nSPS) is 10.8. The van der Waals surface area contributed by atoms with Crippen molar-refractivity contribution in [1.82, 2.24) is 19.7 Å². The number of aromatic nitrogens is 4. The number of aryl methyl sites for hydroxylation is 1. The molecule has 0 aliphatic carbocycles. The van der Waals surface area contributed by atoms with E-state index in [0.717, 1.165) is 11.3 Å². The Morgan fingerprint density at radius 1 is 1.32 bits per heavy atom. The molecule has 0 spiro atoms. The van der Waals surface area contributed by atoms with Gasteiger partial charge in [-0.25, -0.2) is 4.68 Å². The zero-order chi connectivity index (χ0) is 13.4. The van der Waals surface area contributed by atoms with Crippen LogP contribution in [0, 0.1) is 6.92 Å². The number of anilines is 1. The van der Waals surface area contributed by atoms with Gasteiger partial charge >= 0.3 is 0 Å². The molecule has 0 amide bonds. The number of nitrogens with one attached hydrogen (secondary N) is 2. The Morgan fingerprint density at radius 2 is 2.11 bits per heavy atom. The maximum absolute atomic E-state index is 11.9. The molecule has 2 aromatic heterocycles. The lowest BCUT2D eigenvalue weighted by molar-refractivity contribution is 0.881. The molecule has 2 heterocycles. The van der Waals surface area contributed by atoms with Crippen LogP contribution in [0.1, 0.15) is 5.56 Å². The number of nitrogens with zero attached hydrogens (tertiary/aromatic N) is 3. The van der Waals surface area contributed by atoms with Crippen molar-refractivity contribution >= 4 is 17.0 Å². The molecule has 0 saturated heterocycles. The van der Waals surface area contributed by atoms with Crippen molar-refractivity contribution in [3.8, 4) is 5.69 Å². The molecule has 96 valence electrons. The van der Waals surface area contributed by atoms with Crippen LogP contribution in [0.5, 0.6) is 0 Å². The van der Waals surface area contributed by atoms with Crippen molar-refractivity contribution in [3.05, 3.63) is 46.4 Å². The van der Waals surface area contributed by atoms with Gasteiger partial charge in [0.2, 0.25) is 5.95 Å². The molecule has 0 fully saturated rings. The first-order valence-corrected chi connectivity index (χ1v) is 5.92. The first-order valence-electron chi connectivity index (χ1n) is 5.92. The Bertz CT molecular complexity index is 802. The van der Waals surface area contributed by atoms with Crippen molar-refractivity contribution in [3.63, 3.8) is 0 Å². The van der Waals surface area contributed by atoms with Crippen LogP contribution in [0.4, 0.5) is 5.95 Å². The van der Waals surface area contributed by atoms with Crippen molar-refractivity contribution in [2.75, 3.05) is 12.4 Å². The Balaban J connectivity index is 2.25. The summed E-state index contributed by atoms with van der Waals surface area (Å²) in [5.74, 6) is 0.410. The van der Waals surface area contributed by atoms with E-state index >= 15 is 0 Å². The average molecular weight is 255 g/mol. The van der Waals surface area contributed by atoms with Crippen LogP contribution in [0.25, 0.3) is 16.7 Å². The van der Waals surface area contributed by atoms with Crippen molar-refractivity contribution in [2.45, 2.75) is 6.92 Å². The number of para-hydroxylation sites is 1. The van der Waals surface area contributed by atoms with Gasteiger partial charge in [-0.05, 0) is 18.6 Å². The number of fused-ring (bicyclic) bond motifs is 1. The van der Waals surface area contributed by atoms with Crippen LogP contribution in [-0.2, 0) is 0 Å². The molecule has 0 bridgehead atoms. The Hall–Kier alpha value is -2.63. The van der Waals surface area contributed by atoms with E-state index < -0.39 is 0 Å². The van der Waals surface area contributed by atoms with E-state index in [4.69, 9.17) is 0 Å². The highest BCUT2D eigenvalue weighted by Crippen LogP contribution is 2.15. The zero-order valence-electron chi connectivity index (χ0n) is 10.6. The summed E-state index contributed by atoms with van der Waals surface area (Å²) in [6.07, 6.45) is 1.70. The standard InChI is InChI=1S/C13H13N5O/c1-8-5-3-4-6-10(8)18-7-9-11(17-18)15-13(14-2)16-12(9)19/h3-7H,1-2H3,(H2,14,15,16,17,19). The van der Waals surface area contributed by atoms with Crippen LogP contribution in [0.3, 0.4) is 0 Å². The molecule has 0 radical (unpaired) electrons. The van der Waals surface area contributed by atoms with Crippen LogP contribution >= 0.6 is 0 Å². The van der Waals surface area contributed by atoms with E-state index in [9.17, 15) is 4.79 Å². The molecule has 0 unspecified atom stereocenters. The zero-order valence-corrected chi connectivity index (χ0v) is 10.6. The highest BCUT2D eigenvalue weighted by molar-refractivity contribution is 5.74. The molecular weight excluding hydrogens is 242 g/mol. The Morgan fingerprint density at radius 3 is 2.84 bits per heavy atom. The van der Waals surface area contributed by atoms with Gasteiger partial charge < -0.3 is 5.32 Å². The third kappa shape index (κ3) is 1.87. The number of aromatic amines is 1. The van der Waals surface area contributed by atoms with E-state index in [0.29, 0.717) is 17.0 Å². The minimum atomic E-state index is -0.200. The number of benzene rings is 1. The molecule has 0 aliphatic heterocycles. The van der Waals surface area contributed by atoms with Gasteiger partial charge in [-0.2, -0.15) is 4.98 Å². The second-order valence-electron chi connectivity index (χ2n) is 4.26. The minimum absolute atomic E-state index is 0.200. The Labute approximate surface area is 109 Å². The minimum Gasteiger partial charge on any atom is -0.359 e. The molecule has 1 aromatic carbocycles. The Kier molecular flexibility index (Phi) is 2.56. The predicted octanol–water partition coefficient (Wildman–Crippen LogP) is 1.46. The molecular formula is C13H13N5O. The molecule has 6 nitrogen and oxygen atoms in total. The molecule has 6 heteroatoms.